The first kappa shape index (κ1) is 15.8. The zero-order valence-corrected chi connectivity index (χ0v) is 12.9. The Hall–Kier alpha value is -2.10. The van der Waals surface area contributed by atoms with Gasteiger partial charge in [0.2, 0.25) is 5.89 Å². The minimum Gasteiger partial charge on any atom is -0.338 e. The molecule has 23 heavy (non-hydrogen) atoms. The van der Waals surface area contributed by atoms with Crippen molar-refractivity contribution in [3.63, 3.8) is 0 Å². The SMILES string of the molecule is CCCc1noc(CSc2nnc3ccc(C(F)(F)F)cn23)n1. The lowest BCUT2D eigenvalue weighted by Gasteiger charge is -2.06. The zero-order chi connectivity index (χ0) is 16.4. The molecule has 0 fully saturated rings. The van der Waals surface area contributed by atoms with Gasteiger partial charge in [-0.25, -0.2) is 0 Å². The first-order valence-corrected chi connectivity index (χ1v) is 7.82. The number of nitrogens with zero attached hydrogens (tertiary/aromatic N) is 5. The van der Waals surface area contributed by atoms with Gasteiger partial charge >= 0.3 is 6.18 Å². The number of halogens is 3. The van der Waals surface area contributed by atoms with Gasteiger partial charge in [-0.1, -0.05) is 23.8 Å². The van der Waals surface area contributed by atoms with Crippen LogP contribution in [0.5, 0.6) is 0 Å². The van der Waals surface area contributed by atoms with Gasteiger partial charge in [0.1, 0.15) is 0 Å². The van der Waals surface area contributed by atoms with Crippen LogP contribution in [-0.4, -0.2) is 24.7 Å². The van der Waals surface area contributed by atoms with Crippen LogP contribution < -0.4 is 0 Å². The van der Waals surface area contributed by atoms with E-state index < -0.39 is 11.7 Å². The second-order valence-corrected chi connectivity index (χ2v) is 5.71. The number of aryl methyl sites for hydroxylation is 1. The van der Waals surface area contributed by atoms with Gasteiger partial charge < -0.3 is 4.52 Å². The van der Waals surface area contributed by atoms with Gasteiger partial charge in [0, 0.05) is 12.6 Å². The molecule has 0 unspecified atom stereocenters. The molecule has 0 atom stereocenters. The third-order valence-corrected chi connectivity index (χ3v) is 3.93. The summed E-state index contributed by atoms with van der Waals surface area (Å²) in [7, 11) is 0. The van der Waals surface area contributed by atoms with E-state index in [1.807, 2.05) is 6.92 Å². The van der Waals surface area contributed by atoms with E-state index in [1.54, 1.807) is 0 Å². The van der Waals surface area contributed by atoms with Gasteiger partial charge in [0.25, 0.3) is 0 Å². The number of hydrogen-bond acceptors (Lipinski definition) is 6. The van der Waals surface area contributed by atoms with Gasteiger partial charge in [-0.05, 0) is 18.6 Å². The van der Waals surface area contributed by atoms with Crippen molar-refractivity contribution >= 4 is 17.4 Å². The highest BCUT2D eigenvalue weighted by Gasteiger charge is 2.31. The summed E-state index contributed by atoms with van der Waals surface area (Å²) in [6.45, 7) is 2.01. The average Bonchev–Trinajstić information content (AvgIpc) is 3.10. The summed E-state index contributed by atoms with van der Waals surface area (Å²) < 4.78 is 44.7. The molecule has 0 aliphatic heterocycles. The van der Waals surface area contributed by atoms with E-state index in [4.69, 9.17) is 4.52 Å². The molecule has 0 aromatic carbocycles. The molecular formula is C13H12F3N5OS. The number of rotatable bonds is 5. The first-order valence-electron chi connectivity index (χ1n) is 6.83. The van der Waals surface area contributed by atoms with Crippen LogP contribution in [0.25, 0.3) is 5.65 Å². The van der Waals surface area contributed by atoms with E-state index in [0.717, 1.165) is 25.1 Å². The van der Waals surface area contributed by atoms with Crippen LogP contribution in [0.3, 0.4) is 0 Å². The van der Waals surface area contributed by atoms with E-state index >= 15 is 0 Å². The first-order chi connectivity index (χ1) is 11.0. The summed E-state index contributed by atoms with van der Waals surface area (Å²) in [6, 6.07) is 2.26. The molecule has 10 heteroatoms. The number of fused-ring (bicyclic) bond motifs is 1. The highest BCUT2D eigenvalue weighted by Crippen LogP contribution is 2.30. The maximum atomic E-state index is 12.8. The van der Waals surface area contributed by atoms with E-state index in [1.165, 1.54) is 22.2 Å². The molecule has 0 aliphatic carbocycles. The summed E-state index contributed by atoms with van der Waals surface area (Å²) >= 11 is 1.19. The molecule has 3 heterocycles. The fourth-order valence-corrected chi connectivity index (χ4v) is 2.69. The lowest BCUT2D eigenvalue weighted by molar-refractivity contribution is -0.137. The standard InChI is InChI=1S/C13H12F3N5OS/c1-2-3-9-17-11(22-20-9)7-23-12-19-18-10-5-4-8(6-21(10)12)13(14,15)16/h4-6H,2-3,7H2,1H3. The van der Waals surface area contributed by atoms with Crippen molar-refractivity contribution in [1.29, 1.82) is 0 Å². The molecular weight excluding hydrogens is 331 g/mol. The largest absolute Gasteiger partial charge is 0.417 e. The number of alkyl halides is 3. The molecule has 3 aromatic rings. The van der Waals surface area contributed by atoms with Gasteiger partial charge in [-0.15, -0.1) is 10.2 Å². The molecule has 3 aromatic heterocycles. The number of aromatic nitrogens is 5. The molecule has 0 radical (unpaired) electrons. The third-order valence-electron chi connectivity index (χ3n) is 3.01. The molecule has 0 aliphatic rings. The highest BCUT2D eigenvalue weighted by molar-refractivity contribution is 7.98. The van der Waals surface area contributed by atoms with Crippen molar-refractivity contribution in [2.75, 3.05) is 0 Å². The second-order valence-electron chi connectivity index (χ2n) is 4.77. The summed E-state index contributed by atoms with van der Waals surface area (Å²) in [5, 5.41) is 11.9. The van der Waals surface area contributed by atoms with E-state index in [2.05, 4.69) is 20.3 Å². The molecule has 0 saturated heterocycles. The van der Waals surface area contributed by atoms with Crippen molar-refractivity contribution in [2.24, 2.45) is 0 Å². The van der Waals surface area contributed by atoms with Crippen LogP contribution in [0.15, 0.2) is 28.0 Å². The molecule has 0 spiro atoms. The Bertz CT molecular complexity index is 813. The Morgan fingerprint density at radius 2 is 2.09 bits per heavy atom. The van der Waals surface area contributed by atoms with E-state index in [0.29, 0.717) is 28.3 Å². The van der Waals surface area contributed by atoms with Crippen LogP contribution in [0.4, 0.5) is 13.2 Å². The number of thioether (sulfide) groups is 1. The molecule has 0 saturated carbocycles. The van der Waals surface area contributed by atoms with E-state index in [-0.39, 0.29) is 0 Å². The van der Waals surface area contributed by atoms with Crippen LogP contribution >= 0.6 is 11.8 Å². The molecule has 3 rings (SSSR count). The smallest absolute Gasteiger partial charge is 0.338 e. The van der Waals surface area contributed by atoms with Gasteiger partial charge in [-0.3, -0.25) is 4.40 Å². The van der Waals surface area contributed by atoms with Crippen molar-refractivity contribution in [2.45, 2.75) is 36.9 Å². The predicted octanol–water partition coefficient (Wildman–Crippen LogP) is 3.38. The average molecular weight is 343 g/mol. The van der Waals surface area contributed by atoms with Crippen LogP contribution in [-0.2, 0) is 18.3 Å². The summed E-state index contributed by atoms with van der Waals surface area (Å²) in [5.74, 6) is 1.34. The van der Waals surface area contributed by atoms with Crippen LogP contribution in [0.2, 0.25) is 0 Å². The Kier molecular flexibility index (Phi) is 4.24. The molecule has 6 nitrogen and oxygen atoms in total. The van der Waals surface area contributed by atoms with Crippen molar-refractivity contribution < 1.29 is 17.7 Å². The third kappa shape index (κ3) is 3.46. The van der Waals surface area contributed by atoms with Gasteiger partial charge in [0.05, 0.1) is 11.3 Å². The Morgan fingerprint density at radius 1 is 1.26 bits per heavy atom. The quantitative estimate of drug-likeness (QED) is 0.662. The second kappa shape index (κ2) is 6.19. The summed E-state index contributed by atoms with van der Waals surface area (Å²) in [5.41, 5.74) is -0.410. The molecule has 0 amide bonds. The van der Waals surface area contributed by atoms with Crippen molar-refractivity contribution in [1.82, 2.24) is 24.7 Å². The Morgan fingerprint density at radius 3 is 2.83 bits per heavy atom. The van der Waals surface area contributed by atoms with Crippen LogP contribution in [0, 0.1) is 0 Å². The lowest BCUT2D eigenvalue weighted by Crippen LogP contribution is -2.06. The zero-order valence-electron chi connectivity index (χ0n) is 12.0. The molecule has 122 valence electrons. The number of pyridine rings is 1. The minimum absolute atomic E-state index is 0.313. The summed E-state index contributed by atoms with van der Waals surface area (Å²) in [4.78, 5) is 4.20. The van der Waals surface area contributed by atoms with Gasteiger partial charge in [-0.2, -0.15) is 18.2 Å². The summed E-state index contributed by atoms with van der Waals surface area (Å²) in [6.07, 6.45) is -1.81. The monoisotopic (exact) mass is 343 g/mol. The van der Waals surface area contributed by atoms with Crippen molar-refractivity contribution in [3.05, 3.63) is 35.6 Å². The minimum atomic E-state index is -4.41. The fourth-order valence-electron chi connectivity index (χ4n) is 1.94. The Balaban J connectivity index is 1.79. The van der Waals surface area contributed by atoms with Gasteiger partial charge in [0.15, 0.2) is 16.6 Å². The fraction of sp³-hybridized carbons (Fsp3) is 0.385. The molecule has 0 N–H and O–H groups in total. The maximum Gasteiger partial charge on any atom is 0.417 e. The van der Waals surface area contributed by atoms with Crippen molar-refractivity contribution in [3.8, 4) is 0 Å². The predicted molar refractivity (Wildman–Crippen MR) is 75.8 cm³/mol. The normalized spacial score (nSPS) is 12.2. The molecule has 0 bridgehead atoms. The Labute approximate surface area is 133 Å². The van der Waals surface area contributed by atoms with Crippen LogP contribution in [0.1, 0.15) is 30.6 Å². The maximum absolute atomic E-state index is 12.8. The number of hydrogen-bond donors (Lipinski definition) is 0. The highest BCUT2D eigenvalue weighted by atomic mass is 32.2. The lowest BCUT2D eigenvalue weighted by atomic mass is 10.3. The van der Waals surface area contributed by atoms with E-state index in [9.17, 15) is 13.2 Å². The topological polar surface area (TPSA) is 69.1 Å².